The molecule has 4 nitrogen and oxygen atoms in total. The maximum absolute atomic E-state index is 10.2. The molecular formula is C15H31NO3. The Balaban J connectivity index is 2.49. The minimum Gasteiger partial charge on any atom is -0.393 e. The Hall–Kier alpha value is -0.160. The first kappa shape index (κ1) is 16.9. The molecule has 114 valence electrons. The van der Waals surface area contributed by atoms with Crippen molar-refractivity contribution >= 4 is 0 Å². The summed E-state index contributed by atoms with van der Waals surface area (Å²) >= 11 is 0. The zero-order chi connectivity index (χ0) is 14.3. The van der Waals surface area contributed by atoms with E-state index in [4.69, 9.17) is 9.47 Å². The van der Waals surface area contributed by atoms with E-state index in [0.29, 0.717) is 11.3 Å². The van der Waals surface area contributed by atoms with Gasteiger partial charge in [-0.25, -0.2) is 0 Å². The van der Waals surface area contributed by atoms with Crippen molar-refractivity contribution in [3.05, 3.63) is 0 Å². The van der Waals surface area contributed by atoms with E-state index in [1.54, 1.807) is 14.2 Å². The highest BCUT2D eigenvalue weighted by Gasteiger charge is 2.34. The number of aliphatic hydroxyl groups is 1. The van der Waals surface area contributed by atoms with Gasteiger partial charge in [-0.2, -0.15) is 0 Å². The van der Waals surface area contributed by atoms with Crippen LogP contribution in [0.15, 0.2) is 0 Å². The third-order valence-corrected chi connectivity index (χ3v) is 4.19. The van der Waals surface area contributed by atoms with Crippen LogP contribution in [0.1, 0.15) is 33.1 Å². The van der Waals surface area contributed by atoms with Gasteiger partial charge in [0.25, 0.3) is 0 Å². The smallest absolute Gasteiger partial charge is 0.0589 e. The highest BCUT2D eigenvalue weighted by molar-refractivity contribution is 4.86. The molecule has 1 aliphatic rings. The summed E-state index contributed by atoms with van der Waals surface area (Å²) in [6.45, 7) is 8.83. The van der Waals surface area contributed by atoms with Crippen LogP contribution in [0.3, 0.4) is 0 Å². The molecule has 0 bridgehead atoms. The van der Waals surface area contributed by atoms with Crippen molar-refractivity contribution in [2.75, 3.05) is 47.1 Å². The Bertz CT molecular complexity index is 238. The number of aliphatic hydroxyl groups excluding tert-OH is 1. The van der Waals surface area contributed by atoms with Gasteiger partial charge in [0.1, 0.15) is 0 Å². The molecule has 1 fully saturated rings. The van der Waals surface area contributed by atoms with Gasteiger partial charge in [-0.15, -0.1) is 0 Å². The number of rotatable bonds is 8. The van der Waals surface area contributed by atoms with E-state index in [0.717, 1.165) is 52.1 Å². The molecule has 2 unspecified atom stereocenters. The molecule has 0 heterocycles. The summed E-state index contributed by atoms with van der Waals surface area (Å²) < 4.78 is 10.3. The molecule has 1 saturated carbocycles. The van der Waals surface area contributed by atoms with Gasteiger partial charge in [-0.3, -0.25) is 4.90 Å². The minimum atomic E-state index is -0.152. The number of nitrogens with zero attached hydrogens (tertiary/aromatic N) is 1. The van der Waals surface area contributed by atoms with Crippen molar-refractivity contribution in [2.45, 2.75) is 39.2 Å². The fourth-order valence-electron chi connectivity index (χ4n) is 2.98. The lowest BCUT2D eigenvalue weighted by Crippen LogP contribution is -2.43. The highest BCUT2D eigenvalue weighted by Crippen LogP contribution is 2.38. The van der Waals surface area contributed by atoms with Gasteiger partial charge >= 0.3 is 0 Å². The molecular weight excluding hydrogens is 242 g/mol. The van der Waals surface area contributed by atoms with Crippen molar-refractivity contribution in [1.29, 1.82) is 0 Å². The van der Waals surface area contributed by atoms with E-state index in [9.17, 15) is 5.11 Å². The summed E-state index contributed by atoms with van der Waals surface area (Å²) in [6, 6.07) is 0. The maximum atomic E-state index is 10.2. The van der Waals surface area contributed by atoms with E-state index >= 15 is 0 Å². The molecule has 1 N–H and O–H groups in total. The Kier molecular flexibility index (Phi) is 7.29. The van der Waals surface area contributed by atoms with E-state index in [1.165, 1.54) is 0 Å². The van der Waals surface area contributed by atoms with Crippen LogP contribution < -0.4 is 0 Å². The quantitative estimate of drug-likeness (QED) is 0.732. The van der Waals surface area contributed by atoms with Gasteiger partial charge < -0.3 is 14.6 Å². The van der Waals surface area contributed by atoms with Gasteiger partial charge in [0.05, 0.1) is 19.3 Å². The zero-order valence-electron chi connectivity index (χ0n) is 13.0. The second-order valence-corrected chi connectivity index (χ2v) is 6.52. The molecule has 2 atom stereocenters. The van der Waals surface area contributed by atoms with Crippen LogP contribution in [0.25, 0.3) is 0 Å². The molecule has 4 heteroatoms. The standard InChI is InChI=1S/C15H31NO3/c1-15(2)6-5-14(17)13(11-15)12-16(7-9-18-3)8-10-19-4/h13-14,17H,5-12H2,1-4H3. The van der Waals surface area contributed by atoms with Gasteiger partial charge in [0.15, 0.2) is 0 Å². The fraction of sp³-hybridized carbons (Fsp3) is 1.00. The third-order valence-electron chi connectivity index (χ3n) is 4.19. The number of methoxy groups -OCH3 is 2. The molecule has 0 amide bonds. The lowest BCUT2D eigenvalue weighted by molar-refractivity contribution is -0.00254. The maximum Gasteiger partial charge on any atom is 0.0589 e. The summed E-state index contributed by atoms with van der Waals surface area (Å²) in [5, 5.41) is 10.2. The van der Waals surface area contributed by atoms with Gasteiger partial charge in [0, 0.05) is 33.9 Å². The van der Waals surface area contributed by atoms with Gasteiger partial charge in [-0.05, 0) is 30.6 Å². The van der Waals surface area contributed by atoms with Crippen LogP contribution in [0.2, 0.25) is 0 Å². The lowest BCUT2D eigenvalue weighted by Gasteiger charge is -2.40. The van der Waals surface area contributed by atoms with Crippen LogP contribution in [-0.4, -0.2) is 63.2 Å². The number of hydrogen-bond donors (Lipinski definition) is 1. The molecule has 19 heavy (non-hydrogen) atoms. The zero-order valence-corrected chi connectivity index (χ0v) is 13.0. The molecule has 0 aliphatic heterocycles. The summed E-state index contributed by atoms with van der Waals surface area (Å²) in [6.07, 6.45) is 3.01. The van der Waals surface area contributed by atoms with Crippen LogP contribution in [0.4, 0.5) is 0 Å². The predicted molar refractivity (Wildman–Crippen MR) is 77.3 cm³/mol. The largest absolute Gasteiger partial charge is 0.393 e. The van der Waals surface area contributed by atoms with Crippen LogP contribution in [0, 0.1) is 11.3 Å². The lowest BCUT2D eigenvalue weighted by atomic mass is 9.70. The fourth-order valence-corrected chi connectivity index (χ4v) is 2.98. The normalized spacial score (nSPS) is 26.8. The molecule has 0 aromatic rings. The predicted octanol–water partition coefficient (Wildman–Crippen LogP) is 1.77. The SMILES string of the molecule is COCCN(CCOC)CC1CC(C)(C)CCC1O. The van der Waals surface area contributed by atoms with Crippen molar-refractivity contribution in [3.8, 4) is 0 Å². The summed E-state index contributed by atoms with van der Waals surface area (Å²) in [4.78, 5) is 2.35. The Morgan fingerprint density at radius 2 is 1.74 bits per heavy atom. The summed E-state index contributed by atoms with van der Waals surface area (Å²) in [5.41, 5.74) is 0.359. The van der Waals surface area contributed by atoms with E-state index < -0.39 is 0 Å². The second-order valence-electron chi connectivity index (χ2n) is 6.52. The van der Waals surface area contributed by atoms with E-state index in [1.807, 2.05) is 0 Å². The second kappa shape index (κ2) is 8.20. The molecule has 0 radical (unpaired) electrons. The van der Waals surface area contributed by atoms with Gasteiger partial charge in [-0.1, -0.05) is 13.8 Å². The molecule has 1 aliphatic carbocycles. The average molecular weight is 273 g/mol. The monoisotopic (exact) mass is 273 g/mol. The number of ether oxygens (including phenoxy) is 2. The Labute approximate surface area is 118 Å². The first-order valence-corrected chi connectivity index (χ1v) is 7.37. The molecule has 0 aromatic carbocycles. The highest BCUT2D eigenvalue weighted by atomic mass is 16.5. The first-order valence-electron chi connectivity index (χ1n) is 7.37. The van der Waals surface area contributed by atoms with E-state index in [2.05, 4.69) is 18.7 Å². The molecule has 1 rings (SSSR count). The average Bonchev–Trinajstić information content (AvgIpc) is 2.36. The van der Waals surface area contributed by atoms with E-state index in [-0.39, 0.29) is 6.10 Å². The van der Waals surface area contributed by atoms with Crippen molar-refractivity contribution in [1.82, 2.24) is 4.90 Å². The van der Waals surface area contributed by atoms with Crippen LogP contribution >= 0.6 is 0 Å². The van der Waals surface area contributed by atoms with Gasteiger partial charge in [0.2, 0.25) is 0 Å². The first-order chi connectivity index (χ1) is 8.98. The summed E-state index contributed by atoms with van der Waals surface area (Å²) in [5.74, 6) is 0.373. The third kappa shape index (κ3) is 6.21. The minimum absolute atomic E-state index is 0.152. The number of hydrogen-bond acceptors (Lipinski definition) is 4. The van der Waals surface area contributed by atoms with Crippen molar-refractivity contribution in [3.63, 3.8) is 0 Å². The van der Waals surface area contributed by atoms with Crippen LogP contribution in [-0.2, 0) is 9.47 Å². The Morgan fingerprint density at radius 1 is 1.16 bits per heavy atom. The molecule has 0 aromatic heterocycles. The van der Waals surface area contributed by atoms with Crippen molar-refractivity contribution < 1.29 is 14.6 Å². The Morgan fingerprint density at radius 3 is 2.26 bits per heavy atom. The van der Waals surface area contributed by atoms with Crippen molar-refractivity contribution in [2.24, 2.45) is 11.3 Å². The molecule has 0 saturated heterocycles. The summed E-state index contributed by atoms with van der Waals surface area (Å²) in [7, 11) is 3.46. The molecule has 0 spiro atoms. The van der Waals surface area contributed by atoms with Crippen LogP contribution in [0.5, 0.6) is 0 Å². The topological polar surface area (TPSA) is 41.9 Å².